The zero-order valence-electron chi connectivity index (χ0n) is 45.5. The Balaban J connectivity index is 5.48. The average molecular weight is 988 g/mol. The number of unbranched alkanes of at least 4 members (excludes halogenated alkanes) is 24. The summed E-state index contributed by atoms with van der Waals surface area (Å²) in [5.74, 6) is -0.572. The van der Waals surface area contributed by atoms with Crippen molar-refractivity contribution in [2.24, 2.45) is 0 Å². The van der Waals surface area contributed by atoms with E-state index in [0.29, 0.717) is 17.4 Å². The maximum atomic E-state index is 13.5. The summed E-state index contributed by atoms with van der Waals surface area (Å²) in [6.45, 7) is 6.85. The number of hydrogen-bond acceptors (Lipinski definition) is 6. The molecule has 0 aromatic rings. The highest BCUT2D eigenvalue weighted by molar-refractivity contribution is 7.47. The maximum absolute atomic E-state index is 13.5. The largest absolute Gasteiger partial charge is 0.472 e. The molecule has 0 bridgehead atoms. The van der Waals surface area contributed by atoms with E-state index in [-0.39, 0.29) is 37.9 Å². The summed E-state index contributed by atoms with van der Waals surface area (Å²) in [5.41, 5.74) is 0. The van der Waals surface area contributed by atoms with Gasteiger partial charge in [-0.2, -0.15) is 0 Å². The van der Waals surface area contributed by atoms with E-state index in [1.807, 2.05) is 33.3 Å². The fourth-order valence-corrected chi connectivity index (χ4v) is 8.53. The van der Waals surface area contributed by atoms with E-state index in [0.717, 1.165) is 77.0 Å². The van der Waals surface area contributed by atoms with Crippen molar-refractivity contribution in [1.29, 1.82) is 0 Å². The van der Waals surface area contributed by atoms with Crippen molar-refractivity contribution in [2.75, 3.05) is 40.9 Å². The molecule has 0 aromatic carbocycles. The number of carbonyl (C=O) groups excluding carboxylic acids is 2. The normalized spacial score (nSPS) is 14.4. The molecule has 0 aromatic heterocycles. The van der Waals surface area contributed by atoms with Crippen LogP contribution in [0.4, 0.5) is 0 Å². The summed E-state index contributed by atoms with van der Waals surface area (Å²) < 4.78 is 30.6. The second-order valence-corrected chi connectivity index (χ2v) is 21.5. The summed E-state index contributed by atoms with van der Waals surface area (Å²) in [4.78, 5) is 37.5. The Morgan fingerprint density at radius 1 is 0.522 bits per heavy atom. The molecule has 3 unspecified atom stereocenters. The van der Waals surface area contributed by atoms with Gasteiger partial charge in [0, 0.05) is 12.8 Å². The molecule has 10 heteroatoms. The van der Waals surface area contributed by atoms with Crippen LogP contribution in [0.3, 0.4) is 0 Å². The first-order chi connectivity index (χ1) is 33.4. The van der Waals surface area contributed by atoms with Gasteiger partial charge in [-0.25, -0.2) is 4.57 Å². The number of likely N-dealkylation sites (N-methyl/N-ethyl adjacent to an activating group) is 1. The molecule has 0 spiro atoms. The van der Waals surface area contributed by atoms with Gasteiger partial charge in [-0.1, -0.05) is 229 Å². The second kappa shape index (κ2) is 49.0. The van der Waals surface area contributed by atoms with Crippen LogP contribution in [0, 0.1) is 0 Å². The number of phosphoric acid groups is 1. The van der Waals surface area contributed by atoms with Gasteiger partial charge < -0.3 is 19.4 Å². The van der Waals surface area contributed by atoms with E-state index in [4.69, 9.17) is 13.8 Å². The lowest BCUT2D eigenvalue weighted by atomic mass is 10.0. The van der Waals surface area contributed by atoms with Crippen molar-refractivity contribution in [3.63, 3.8) is 0 Å². The van der Waals surface area contributed by atoms with Gasteiger partial charge in [0.05, 0.1) is 33.8 Å². The number of phosphoric ester groups is 1. The Kier molecular flexibility index (Phi) is 47.2. The standard InChI is InChI=1S/C59H107N2O7P/c1-7-10-13-16-19-22-25-28-29-30-31-34-36-39-42-45-48-51-58(62)60-56(55-67-69(64,65)66-54-53-61(4,5)6)57(50-47-44-41-38-35-32-26-23-20-17-14-11-8-2)68-59(63)52-49-46-43-40-37-33-27-24-21-18-15-12-9-3/h10,13,19,22,28-29,31,34,39,42,47,50,56-57H,7-9,11-12,14-18,20-21,23-27,30,32-33,35-38,40-41,43-46,48-49,51-55H2,1-6H3,(H-,60,62,64,65)/p+1/b13-10-,22-19-,29-28-,34-31-,42-39-,50-47+. The lowest BCUT2D eigenvalue weighted by molar-refractivity contribution is -0.870. The quantitative estimate of drug-likeness (QED) is 0.0205. The third kappa shape index (κ3) is 50.2. The molecule has 400 valence electrons. The highest BCUT2D eigenvalue weighted by Crippen LogP contribution is 2.43. The van der Waals surface area contributed by atoms with Crippen LogP contribution in [0.1, 0.15) is 239 Å². The van der Waals surface area contributed by atoms with Crippen LogP contribution in [0.15, 0.2) is 72.9 Å². The highest BCUT2D eigenvalue weighted by Gasteiger charge is 2.30. The predicted molar refractivity (Wildman–Crippen MR) is 295 cm³/mol. The van der Waals surface area contributed by atoms with Crippen molar-refractivity contribution < 1.29 is 37.3 Å². The van der Waals surface area contributed by atoms with Crippen molar-refractivity contribution in [2.45, 2.75) is 251 Å². The number of carbonyl (C=O) groups is 2. The zero-order valence-corrected chi connectivity index (χ0v) is 46.4. The lowest BCUT2D eigenvalue weighted by Gasteiger charge is -2.27. The molecule has 0 rings (SSSR count). The molecule has 0 radical (unpaired) electrons. The van der Waals surface area contributed by atoms with Crippen LogP contribution in [-0.2, 0) is 27.9 Å². The van der Waals surface area contributed by atoms with E-state index in [9.17, 15) is 19.0 Å². The third-order valence-electron chi connectivity index (χ3n) is 12.2. The third-order valence-corrected chi connectivity index (χ3v) is 13.1. The monoisotopic (exact) mass is 988 g/mol. The van der Waals surface area contributed by atoms with Gasteiger partial charge in [0.1, 0.15) is 19.3 Å². The molecule has 0 aliphatic rings. The van der Waals surface area contributed by atoms with Crippen molar-refractivity contribution >= 4 is 19.7 Å². The summed E-state index contributed by atoms with van der Waals surface area (Å²) in [7, 11) is 1.46. The van der Waals surface area contributed by atoms with Gasteiger partial charge in [-0.05, 0) is 70.3 Å². The molecule has 3 atom stereocenters. The number of ether oxygens (including phenoxy) is 1. The van der Waals surface area contributed by atoms with E-state index in [2.05, 4.69) is 86.8 Å². The first-order valence-electron chi connectivity index (χ1n) is 28.3. The van der Waals surface area contributed by atoms with Crippen LogP contribution in [0.2, 0.25) is 0 Å². The van der Waals surface area contributed by atoms with Crippen molar-refractivity contribution in [3.8, 4) is 0 Å². The van der Waals surface area contributed by atoms with E-state index >= 15 is 0 Å². The Morgan fingerprint density at radius 3 is 1.41 bits per heavy atom. The minimum atomic E-state index is -4.46. The minimum absolute atomic E-state index is 0.0283. The van der Waals surface area contributed by atoms with E-state index < -0.39 is 20.0 Å². The molecule has 9 nitrogen and oxygen atoms in total. The number of amides is 1. The molecule has 1 amide bonds. The number of allylic oxidation sites excluding steroid dienone is 11. The molecular formula is C59H108N2O7P+. The molecular weight excluding hydrogens is 880 g/mol. The van der Waals surface area contributed by atoms with Crippen LogP contribution in [-0.4, -0.2) is 74.3 Å². The number of rotatable bonds is 50. The number of nitrogens with one attached hydrogen (secondary N) is 1. The van der Waals surface area contributed by atoms with Crippen molar-refractivity contribution in [1.82, 2.24) is 5.32 Å². The highest BCUT2D eigenvalue weighted by atomic mass is 31.2. The second-order valence-electron chi connectivity index (χ2n) is 20.1. The lowest BCUT2D eigenvalue weighted by Crippen LogP contribution is -2.47. The maximum Gasteiger partial charge on any atom is 0.472 e. The molecule has 0 saturated heterocycles. The molecule has 0 saturated carbocycles. The SMILES string of the molecule is CC/C=C\C/C=C\C/C=C\C/C=C\C/C=C\CCCC(=O)NC(COP(=O)(O)OCC[N+](C)(C)C)C(/C=C/CCCCCCCCCCCCC)OC(=O)CCCCCCCCCCCCCCC. The fourth-order valence-electron chi connectivity index (χ4n) is 7.80. The Bertz CT molecular complexity index is 1420. The van der Waals surface area contributed by atoms with Gasteiger partial charge in [0.2, 0.25) is 5.91 Å². The van der Waals surface area contributed by atoms with E-state index in [1.165, 1.54) is 122 Å². The predicted octanol–water partition coefficient (Wildman–Crippen LogP) is 16.9. The minimum Gasteiger partial charge on any atom is -0.456 e. The number of quaternary nitrogens is 1. The van der Waals surface area contributed by atoms with Gasteiger partial charge in [-0.3, -0.25) is 18.6 Å². The van der Waals surface area contributed by atoms with Crippen LogP contribution < -0.4 is 5.32 Å². The van der Waals surface area contributed by atoms with Crippen molar-refractivity contribution in [3.05, 3.63) is 72.9 Å². The number of esters is 1. The Labute approximate surface area is 425 Å². The molecule has 0 aliphatic heterocycles. The molecule has 0 aliphatic carbocycles. The smallest absolute Gasteiger partial charge is 0.456 e. The average Bonchev–Trinajstić information content (AvgIpc) is 3.31. The van der Waals surface area contributed by atoms with Gasteiger partial charge >= 0.3 is 13.8 Å². The van der Waals surface area contributed by atoms with Gasteiger partial charge in [0.25, 0.3) is 0 Å². The zero-order chi connectivity index (χ0) is 50.8. The van der Waals surface area contributed by atoms with Gasteiger partial charge in [-0.15, -0.1) is 0 Å². The first-order valence-corrected chi connectivity index (χ1v) is 29.8. The van der Waals surface area contributed by atoms with Crippen LogP contribution >= 0.6 is 7.82 Å². The first kappa shape index (κ1) is 66.5. The number of hydrogen-bond donors (Lipinski definition) is 2. The number of nitrogens with zero attached hydrogens (tertiary/aromatic N) is 1. The summed E-state index contributed by atoms with van der Waals surface area (Å²) >= 11 is 0. The fraction of sp³-hybridized carbons (Fsp3) is 0.763. The van der Waals surface area contributed by atoms with Crippen LogP contribution in [0.25, 0.3) is 0 Å². The summed E-state index contributed by atoms with van der Waals surface area (Å²) in [6.07, 6.45) is 61.9. The van der Waals surface area contributed by atoms with Crippen LogP contribution in [0.5, 0.6) is 0 Å². The molecule has 0 heterocycles. The summed E-state index contributed by atoms with van der Waals surface area (Å²) in [6, 6.07) is -0.877. The molecule has 0 fully saturated rings. The Morgan fingerprint density at radius 2 is 0.942 bits per heavy atom. The molecule has 2 N–H and O–H groups in total. The topological polar surface area (TPSA) is 111 Å². The summed E-state index contributed by atoms with van der Waals surface area (Å²) in [5, 5.41) is 3.01. The van der Waals surface area contributed by atoms with E-state index in [1.54, 1.807) is 0 Å². The van der Waals surface area contributed by atoms with Gasteiger partial charge in [0.15, 0.2) is 0 Å². The molecule has 69 heavy (non-hydrogen) atoms. The Hall–Kier alpha value is -2.55.